The fourth-order valence-corrected chi connectivity index (χ4v) is 5.00. The summed E-state index contributed by atoms with van der Waals surface area (Å²) in [6, 6.07) is 15.7. The number of primary amides is 1. The Morgan fingerprint density at radius 1 is 1.03 bits per heavy atom. The first-order valence-corrected chi connectivity index (χ1v) is 12.1. The van der Waals surface area contributed by atoms with Crippen LogP contribution in [0.2, 0.25) is 5.02 Å². The van der Waals surface area contributed by atoms with Crippen LogP contribution in [0.4, 0.5) is 5.69 Å². The fourth-order valence-electron chi connectivity index (χ4n) is 4.87. The quantitative estimate of drug-likeness (QED) is 0.646. The molecule has 3 N–H and O–H groups in total. The van der Waals surface area contributed by atoms with Crippen molar-refractivity contribution in [2.45, 2.75) is 37.5 Å². The highest BCUT2D eigenvalue weighted by Gasteiger charge is 2.41. The lowest BCUT2D eigenvalue weighted by molar-refractivity contribution is -0.125. The van der Waals surface area contributed by atoms with Gasteiger partial charge in [0.25, 0.3) is 0 Å². The fraction of sp³-hybridized carbons (Fsp3) is 0.462. The molecule has 4 rings (SSSR count). The number of nitrogens with two attached hydrogens (primary N) is 1. The summed E-state index contributed by atoms with van der Waals surface area (Å²) in [6.45, 7) is 3.91. The minimum Gasteiger partial charge on any atom is -0.381 e. The number of benzene rings is 2. The number of amides is 2. The van der Waals surface area contributed by atoms with Crippen LogP contribution in [-0.2, 0) is 26.2 Å². The molecule has 0 unspecified atom stereocenters. The molecule has 2 saturated heterocycles. The summed E-state index contributed by atoms with van der Waals surface area (Å²) in [5, 5.41) is 3.79. The van der Waals surface area contributed by atoms with E-state index in [1.165, 1.54) is 5.56 Å². The van der Waals surface area contributed by atoms with Gasteiger partial charge in [-0.3, -0.25) is 9.59 Å². The Morgan fingerprint density at radius 2 is 1.67 bits per heavy atom. The van der Waals surface area contributed by atoms with Crippen molar-refractivity contribution in [1.29, 1.82) is 0 Å². The zero-order valence-corrected chi connectivity index (χ0v) is 19.7. The first kappa shape index (κ1) is 23.7. The number of ether oxygens (including phenoxy) is 1. The SMILES string of the molecule is NC(=O)C1CCN(CCc2ccc(NC(=O)C3(c4ccc(Cl)cc4)CCOCC3)cc2)CC1. The van der Waals surface area contributed by atoms with Gasteiger partial charge in [-0.15, -0.1) is 0 Å². The zero-order valence-electron chi connectivity index (χ0n) is 18.9. The number of likely N-dealkylation sites (tertiary alicyclic amines) is 1. The van der Waals surface area contributed by atoms with Crippen LogP contribution < -0.4 is 11.1 Å². The minimum absolute atomic E-state index is 0.00167. The summed E-state index contributed by atoms with van der Waals surface area (Å²) in [7, 11) is 0. The van der Waals surface area contributed by atoms with E-state index in [9.17, 15) is 9.59 Å². The van der Waals surface area contributed by atoms with Gasteiger partial charge in [-0.1, -0.05) is 35.9 Å². The zero-order chi connectivity index (χ0) is 23.3. The molecule has 176 valence electrons. The molecule has 0 radical (unpaired) electrons. The van der Waals surface area contributed by atoms with Gasteiger partial charge < -0.3 is 20.7 Å². The number of nitrogens with zero attached hydrogens (tertiary/aromatic N) is 1. The number of anilines is 1. The minimum atomic E-state index is -0.613. The third kappa shape index (κ3) is 5.75. The summed E-state index contributed by atoms with van der Waals surface area (Å²) in [5.74, 6) is -0.153. The van der Waals surface area contributed by atoms with E-state index in [2.05, 4.69) is 22.3 Å². The smallest absolute Gasteiger partial charge is 0.235 e. The van der Waals surface area contributed by atoms with Crippen LogP contribution in [0.25, 0.3) is 0 Å². The molecule has 2 aliphatic heterocycles. The maximum Gasteiger partial charge on any atom is 0.235 e. The molecular formula is C26H32ClN3O3. The first-order chi connectivity index (χ1) is 16.0. The Balaban J connectivity index is 1.35. The number of halogens is 1. The van der Waals surface area contributed by atoms with Gasteiger partial charge in [-0.2, -0.15) is 0 Å². The van der Waals surface area contributed by atoms with E-state index in [1.54, 1.807) is 0 Å². The lowest BCUT2D eigenvalue weighted by Crippen LogP contribution is -2.44. The van der Waals surface area contributed by atoms with Crippen molar-refractivity contribution in [3.8, 4) is 0 Å². The highest BCUT2D eigenvalue weighted by molar-refractivity contribution is 6.30. The van der Waals surface area contributed by atoms with Gasteiger partial charge in [-0.05, 0) is 80.6 Å². The van der Waals surface area contributed by atoms with Gasteiger partial charge in [0.2, 0.25) is 11.8 Å². The number of rotatable bonds is 7. The average Bonchev–Trinajstić information content (AvgIpc) is 2.84. The predicted molar refractivity (Wildman–Crippen MR) is 130 cm³/mol. The lowest BCUT2D eigenvalue weighted by Gasteiger charge is -2.36. The Hall–Kier alpha value is -2.41. The first-order valence-electron chi connectivity index (χ1n) is 11.7. The Kier molecular flexibility index (Phi) is 7.68. The number of nitrogens with one attached hydrogen (secondary N) is 1. The molecule has 0 aromatic heterocycles. The predicted octanol–water partition coefficient (Wildman–Crippen LogP) is 3.77. The summed E-state index contributed by atoms with van der Waals surface area (Å²) < 4.78 is 5.55. The van der Waals surface area contributed by atoms with Gasteiger partial charge in [-0.25, -0.2) is 0 Å². The van der Waals surface area contributed by atoms with E-state index >= 15 is 0 Å². The molecule has 2 aromatic carbocycles. The molecule has 2 aromatic rings. The van der Waals surface area contributed by atoms with Crippen molar-refractivity contribution in [2.75, 3.05) is 38.2 Å². The molecular weight excluding hydrogens is 438 g/mol. The van der Waals surface area contributed by atoms with Crippen molar-refractivity contribution in [3.05, 3.63) is 64.7 Å². The average molecular weight is 470 g/mol. The molecule has 0 bridgehead atoms. The van der Waals surface area contributed by atoms with E-state index < -0.39 is 5.41 Å². The standard InChI is InChI=1S/C26H32ClN3O3/c27-22-5-3-21(4-6-22)26(12-17-33-18-13-26)25(32)29-23-7-1-19(2-8-23)9-14-30-15-10-20(11-16-30)24(28)31/h1-8,20H,9-18H2,(H2,28,31)(H,29,32). The highest BCUT2D eigenvalue weighted by atomic mass is 35.5. The molecule has 0 atom stereocenters. The van der Waals surface area contributed by atoms with E-state index in [4.69, 9.17) is 22.1 Å². The Labute approximate surface area is 200 Å². The van der Waals surface area contributed by atoms with Gasteiger partial charge in [0.05, 0.1) is 5.41 Å². The van der Waals surface area contributed by atoms with Gasteiger partial charge in [0.15, 0.2) is 0 Å². The van der Waals surface area contributed by atoms with E-state index in [0.717, 1.165) is 50.1 Å². The van der Waals surface area contributed by atoms with E-state index in [-0.39, 0.29) is 17.7 Å². The van der Waals surface area contributed by atoms with Crippen LogP contribution in [0.5, 0.6) is 0 Å². The number of hydrogen-bond acceptors (Lipinski definition) is 4. The number of piperidine rings is 1. The van der Waals surface area contributed by atoms with Crippen LogP contribution in [0.1, 0.15) is 36.8 Å². The Morgan fingerprint density at radius 3 is 2.27 bits per heavy atom. The summed E-state index contributed by atoms with van der Waals surface area (Å²) in [4.78, 5) is 27.1. The maximum absolute atomic E-state index is 13.4. The van der Waals surface area contributed by atoms with Crippen LogP contribution in [0.15, 0.2) is 48.5 Å². The third-order valence-electron chi connectivity index (χ3n) is 7.10. The second-order valence-electron chi connectivity index (χ2n) is 9.12. The monoisotopic (exact) mass is 469 g/mol. The van der Waals surface area contributed by atoms with E-state index in [1.807, 2.05) is 36.4 Å². The van der Waals surface area contributed by atoms with Gasteiger partial charge >= 0.3 is 0 Å². The number of hydrogen-bond donors (Lipinski definition) is 2. The number of carbonyl (C=O) groups excluding carboxylic acids is 2. The van der Waals surface area contributed by atoms with Crippen LogP contribution in [-0.4, -0.2) is 49.6 Å². The molecule has 6 nitrogen and oxygen atoms in total. The normalized spacial score (nSPS) is 19.2. The molecule has 0 saturated carbocycles. The van der Waals surface area contributed by atoms with Crippen molar-refractivity contribution in [2.24, 2.45) is 11.7 Å². The second kappa shape index (κ2) is 10.7. The van der Waals surface area contributed by atoms with Gasteiger partial charge in [0.1, 0.15) is 0 Å². The summed E-state index contributed by atoms with van der Waals surface area (Å²) >= 11 is 6.07. The Bertz CT molecular complexity index is 948. The molecule has 2 amide bonds. The lowest BCUT2D eigenvalue weighted by atomic mass is 9.73. The summed E-state index contributed by atoms with van der Waals surface area (Å²) in [5.41, 5.74) is 7.81. The van der Waals surface area contributed by atoms with Crippen molar-refractivity contribution >= 4 is 29.1 Å². The van der Waals surface area contributed by atoms with E-state index in [0.29, 0.717) is 31.1 Å². The molecule has 2 heterocycles. The highest BCUT2D eigenvalue weighted by Crippen LogP contribution is 2.36. The van der Waals surface area contributed by atoms with Crippen molar-refractivity contribution in [3.63, 3.8) is 0 Å². The molecule has 2 aliphatic rings. The summed E-state index contributed by atoms with van der Waals surface area (Å²) in [6.07, 6.45) is 3.92. The molecule has 7 heteroatoms. The third-order valence-corrected chi connectivity index (χ3v) is 7.35. The maximum atomic E-state index is 13.4. The van der Waals surface area contributed by atoms with Crippen molar-refractivity contribution < 1.29 is 14.3 Å². The molecule has 0 spiro atoms. The van der Waals surface area contributed by atoms with Crippen LogP contribution >= 0.6 is 11.6 Å². The van der Waals surface area contributed by atoms with Crippen LogP contribution in [0, 0.1) is 5.92 Å². The van der Waals surface area contributed by atoms with Crippen molar-refractivity contribution in [1.82, 2.24) is 4.90 Å². The molecule has 2 fully saturated rings. The van der Waals surface area contributed by atoms with Crippen LogP contribution in [0.3, 0.4) is 0 Å². The van der Waals surface area contributed by atoms with Gasteiger partial charge in [0, 0.05) is 36.4 Å². The second-order valence-corrected chi connectivity index (χ2v) is 9.56. The molecule has 33 heavy (non-hydrogen) atoms. The number of carbonyl (C=O) groups is 2. The largest absolute Gasteiger partial charge is 0.381 e. The topological polar surface area (TPSA) is 84.7 Å². The molecule has 0 aliphatic carbocycles.